The number of nitrogens with zero attached hydrogens (tertiary/aromatic N) is 4. The van der Waals surface area contributed by atoms with E-state index in [0.29, 0.717) is 26.3 Å². The van der Waals surface area contributed by atoms with Gasteiger partial charge in [-0.3, -0.25) is 14.7 Å². The number of hydrogen-bond acceptors (Lipinski definition) is 6. The topological polar surface area (TPSA) is 70.1 Å². The van der Waals surface area contributed by atoms with Crippen molar-refractivity contribution in [2.75, 3.05) is 44.3 Å². The molecule has 2 heterocycles. The number of amides is 1. The van der Waals surface area contributed by atoms with Crippen molar-refractivity contribution in [1.29, 1.82) is 0 Å². The molecular formula is C22H29N5O2. The van der Waals surface area contributed by atoms with Crippen LogP contribution >= 0.6 is 0 Å². The van der Waals surface area contributed by atoms with E-state index in [1.807, 2.05) is 24.3 Å². The molecule has 0 bridgehead atoms. The number of ether oxygens (including phenoxy) is 1. The lowest BCUT2D eigenvalue weighted by Crippen LogP contribution is -2.44. The predicted octanol–water partition coefficient (Wildman–Crippen LogP) is 2.45. The second-order valence-corrected chi connectivity index (χ2v) is 6.83. The van der Waals surface area contributed by atoms with Gasteiger partial charge in [0.2, 0.25) is 0 Å². The lowest BCUT2D eigenvalue weighted by atomic mass is 10.1. The fourth-order valence-electron chi connectivity index (χ4n) is 3.50. The molecule has 7 nitrogen and oxygen atoms in total. The van der Waals surface area contributed by atoms with Crippen LogP contribution in [0.3, 0.4) is 0 Å². The average Bonchev–Trinajstić information content (AvgIpc) is 2.77. The third kappa shape index (κ3) is 5.62. The van der Waals surface area contributed by atoms with E-state index in [9.17, 15) is 4.79 Å². The van der Waals surface area contributed by atoms with Crippen LogP contribution < -0.4 is 10.3 Å². The van der Waals surface area contributed by atoms with E-state index >= 15 is 0 Å². The highest BCUT2D eigenvalue weighted by Gasteiger charge is 2.28. The predicted molar refractivity (Wildman–Crippen MR) is 115 cm³/mol. The monoisotopic (exact) mass is 395 g/mol. The lowest BCUT2D eigenvalue weighted by molar-refractivity contribution is -0.128. The molecule has 0 radical (unpaired) electrons. The number of anilines is 1. The number of hydrogen-bond donors (Lipinski definition) is 1. The van der Waals surface area contributed by atoms with E-state index in [2.05, 4.69) is 51.3 Å². The zero-order valence-corrected chi connectivity index (χ0v) is 17.1. The quantitative estimate of drug-likeness (QED) is 0.549. The first-order chi connectivity index (χ1) is 14.2. The van der Waals surface area contributed by atoms with Gasteiger partial charge in [-0.15, -0.1) is 0 Å². The number of carbonyl (C=O) groups excluding carboxylic acids is 1. The summed E-state index contributed by atoms with van der Waals surface area (Å²) in [5.74, 6) is -0.158. The van der Waals surface area contributed by atoms with Gasteiger partial charge in [-0.25, -0.2) is 5.43 Å². The molecule has 0 spiro atoms. The molecule has 1 aromatic carbocycles. The van der Waals surface area contributed by atoms with Gasteiger partial charge in [0.05, 0.1) is 19.4 Å². The number of aromatic nitrogens is 1. The fourth-order valence-corrected chi connectivity index (χ4v) is 3.50. The average molecular weight is 396 g/mol. The molecule has 3 rings (SSSR count). The van der Waals surface area contributed by atoms with Gasteiger partial charge in [-0.2, -0.15) is 5.10 Å². The number of pyridine rings is 1. The SMILES string of the molecule is CCN(CC)c1ccc(/C=N/NC(=O)C(c2ccncc2)N2CCOCC2)cc1. The van der Waals surface area contributed by atoms with Crippen LogP contribution in [0.2, 0.25) is 0 Å². The van der Waals surface area contributed by atoms with Crippen molar-refractivity contribution in [3.05, 3.63) is 59.9 Å². The summed E-state index contributed by atoms with van der Waals surface area (Å²) in [5, 5.41) is 4.19. The molecule has 1 atom stereocenters. The molecular weight excluding hydrogens is 366 g/mol. The highest BCUT2D eigenvalue weighted by molar-refractivity contribution is 5.86. The van der Waals surface area contributed by atoms with Crippen LogP contribution in [-0.2, 0) is 9.53 Å². The van der Waals surface area contributed by atoms with Gasteiger partial charge < -0.3 is 9.64 Å². The first kappa shape index (κ1) is 21.0. The number of nitrogens with one attached hydrogen (secondary N) is 1. The van der Waals surface area contributed by atoms with Crippen LogP contribution in [-0.4, -0.2) is 61.4 Å². The second kappa shape index (κ2) is 10.7. The van der Waals surface area contributed by atoms with Crippen molar-refractivity contribution in [1.82, 2.24) is 15.3 Å². The maximum atomic E-state index is 12.9. The Labute approximate surface area is 172 Å². The van der Waals surface area contributed by atoms with Crippen LogP contribution in [0.5, 0.6) is 0 Å². The Kier molecular flexibility index (Phi) is 7.72. The molecule has 7 heteroatoms. The maximum Gasteiger partial charge on any atom is 0.262 e. The third-order valence-electron chi connectivity index (χ3n) is 5.09. The molecule has 1 aliphatic rings. The Morgan fingerprint density at radius 3 is 2.45 bits per heavy atom. The standard InChI is InChI=1S/C22H29N5O2/c1-3-26(4-2)20-7-5-18(6-8-20)17-24-25-22(28)21(19-9-11-23-12-10-19)27-13-15-29-16-14-27/h5-12,17,21H,3-4,13-16H2,1-2H3,(H,25,28)/b24-17+. The number of rotatable bonds is 8. The summed E-state index contributed by atoms with van der Waals surface area (Å²) >= 11 is 0. The zero-order valence-electron chi connectivity index (χ0n) is 17.1. The Morgan fingerprint density at radius 2 is 1.83 bits per heavy atom. The van der Waals surface area contributed by atoms with Gasteiger partial charge in [0.1, 0.15) is 6.04 Å². The molecule has 1 fully saturated rings. The number of hydrazone groups is 1. The van der Waals surface area contributed by atoms with Crippen molar-refractivity contribution < 1.29 is 9.53 Å². The largest absolute Gasteiger partial charge is 0.379 e. The molecule has 1 amide bonds. The first-order valence-electron chi connectivity index (χ1n) is 10.1. The van der Waals surface area contributed by atoms with Crippen molar-refractivity contribution in [2.45, 2.75) is 19.9 Å². The summed E-state index contributed by atoms with van der Waals surface area (Å²) < 4.78 is 5.43. The Balaban J connectivity index is 1.66. The molecule has 154 valence electrons. The van der Waals surface area contributed by atoms with Gasteiger partial charge in [0.15, 0.2) is 0 Å². The summed E-state index contributed by atoms with van der Waals surface area (Å²) in [7, 11) is 0. The number of carbonyl (C=O) groups is 1. The summed E-state index contributed by atoms with van der Waals surface area (Å²) in [5.41, 5.74) is 5.72. The van der Waals surface area contributed by atoms with Gasteiger partial charge in [0, 0.05) is 44.3 Å². The molecule has 0 saturated carbocycles. The van der Waals surface area contributed by atoms with E-state index in [0.717, 1.165) is 24.2 Å². The fraction of sp³-hybridized carbons (Fsp3) is 0.409. The number of morpholine rings is 1. The van der Waals surface area contributed by atoms with Crippen molar-refractivity contribution in [2.24, 2.45) is 5.10 Å². The lowest BCUT2D eigenvalue weighted by Gasteiger charge is -2.33. The summed E-state index contributed by atoms with van der Waals surface area (Å²) in [6.07, 6.45) is 5.08. The highest BCUT2D eigenvalue weighted by atomic mass is 16.5. The van der Waals surface area contributed by atoms with E-state index in [-0.39, 0.29) is 5.91 Å². The molecule has 1 aromatic heterocycles. The van der Waals surface area contributed by atoms with Crippen molar-refractivity contribution in [3.8, 4) is 0 Å². The van der Waals surface area contributed by atoms with E-state index < -0.39 is 6.04 Å². The van der Waals surface area contributed by atoms with Crippen LogP contribution in [0.15, 0.2) is 53.9 Å². The molecule has 1 saturated heterocycles. The molecule has 2 aromatic rings. The minimum absolute atomic E-state index is 0.158. The van der Waals surface area contributed by atoms with Crippen LogP contribution in [0, 0.1) is 0 Å². The van der Waals surface area contributed by atoms with E-state index in [1.54, 1.807) is 18.6 Å². The van der Waals surface area contributed by atoms with Crippen LogP contribution in [0.25, 0.3) is 0 Å². The van der Waals surface area contributed by atoms with Gasteiger partial charge in [-0.1, -0.05) is 12.1 Å². The number of benzene rings is 1. The third-order valence-corrected chi connectivity index (χ3v) is 5.09. The summed E-state index contributed by atoms with van der Waals surface area (Å²) in [4.78, 5) is 21.4. The Hall–Kier alpha value is -2.77. The van der Waals surface area contributed by atoms with Gasteiger partial charge in [-0.05, 0) is 49.2 Å². The zero-order chi connectivity index (χ0) is 20.5. The first-order valence-corrected chi connectivity index (χ1v) is 10.1. The normalized spacial score (nSPS) is 15.9. The Morgan fingerprint density at radius 1 is 1.17 bits per heavy atom. The molecule has 1 aliphatic heterocycles. The molecule has 0 aliphatic carbocycles. The van der Waals surface area contributed by atoms with Gasteiger partial charge >= 0.3 is 0 Å². The second-order valence-electron chi connectivity index (χ2n) is 6.83. The maximum absolute atomic E-state index is 12.9. The smallest absolute Gasteiger partial charge is 0.262 e. The van der Waals surface area contributed by atoms with E-state index in [1.165, 1.54) is 5.69 Å². The minimum atomic E-state index is -0.413. The van der Waals surface area contributed by atoms with E-state index in [4.69, 9.17) is 4.74 Å². The summed E-state index contributed by atoms with van der Waals surface area (Å²) in [6, 6.07) is 11.5. The molecule has 1 N–H and O–H groups in total. The summed E-state index contributed by atoms with van der Waals surface area (Å²) in [6.45, 7) is 8.88. The van der Waals surface area contributed by atoms with Crippen LogP contribution in [0.1, 0.15) is 31.0 Å². The minimum Gasteiger partial charge on any atom is -0.379 e. The Bertz CT molecular complexity index is 785. The van der Waals surface area contributed by atoms with Gasteiger partial charge in [0.25, 0.3) is 5.91 Å². The van der Waals surface area contributed by atoms with Crippen LogP contribution in [0.4, 0.5) is 5.69 Å². The molecule has 29 heavy (non-hydrogen) atoms. The van der Waals surface area contributed by atoms with Crippen molar-refractivity contribution in [3.63, 3.8) is 0 Å². The van der Waals surface area contributed by atoms with Crippen molar-refractivity contribution >= 4 is 17.8 Å². The molecule has 1 unspecified atom stereocenters. The highest BCUT2D eigenvalue weighted by Crippen LogP contribution is 2.21.